The molecule has 0 aromatic heterocycles. The van der Waals surface area contributed by atoms with E-state index in [2.05, 4.69) is 10.2 Å². The Morgan fingerprint density at radius 2 is 2.03 bits per heavy atom. The van der Waals surface area contributed by atoms with E-state index in [4.69, 9.17) is 20.2 Å². The Balaban J connectivity index is 1.75. The van der Waals surface area contributed by atoms with Crippen molar-refractivity contribution in [3.63, 3.8) is 0 Å². The maximum absolute atomic E-state index is 14.7. The van der Waals surface area contributed by atoms with E-state index >= 15 is 0 Å². The lowest BCUT2D eigenvalue weighted by atomic mass is 9.75. The van der Waals surface area contributed by atoms with Crippen LogP contribution in [0.3, 0.4) is 0 Å². The third-order valence-corrected chi connectivity index (χ3v) is 6.13. The fourth-order valence-electron chi connectivity index (χ4n) is 4.03. The van der Waals surface area contributed by atoms with Crippen LogP contribution in [0.25, 0.3) is 4.85 Å². The molecule has 1 heterocycles. The van der Waals surface area contributed by atoms with Crippen molar-refractivity contribution in [2.24, 2.45) is 0 Å². The van der Waals surface area contributed by atoms with Crippen molar-refractivity contribution in [3.05, 3.63) is 64.8 Å². The van der Waals surface area contributed by atoms with Gasteiger partial charge < -0.3 is 10.2 Å². The molecule has 1 saturated carbocycles. The summed E-state index contributed by atoms with van der Waals surface area (Å²) in [5, 5.41) is 2.49. The number of amides is 2. The fraction of sp³-hybridized carbons (Fsp3) is 0.273. The molecule has 0 bridgehead atoms. The summed E-state index contributed by atoms with van der Waals surface area (Å²) in [5.74, 6) is -1.59. The molecule has 30 heavy (non-hydrogen) atoms. The predicted octanol–water partition coefficient (Wildman–Crippen LogP) is 4.11. The zero-order chi connectivity index (χ0) is 22.3. The maximum Gasteiger partial charge on any atom is 0.259 e. The minimum absolute atomic E-state index is 0.169. The van der Waals surface area contributed by atoms with Gasteiger partial charge in [-0.05, 0) is 74.3 Å². The molecule has 2 fully saturated rings. The van der Waals surface area contributed by atoms with E-state index in [-0.39, 0.29) is 23.6 Å². The first-order valence-electron chi connectivity index (χ1n) is 10.1. The SMILES string of the molecule is [2H]CNC(=O)c1ccc(N2C(=S)N(c3ccc([N+]#[C-])c(C)c3)C(=O)C23CCC3)cc1F. The van der Waals surface area contributed by atoms with Crippen molar-refractivity contribution in [2.75, 3.05) is 16.8 Å². The van der Waals surface area contributed by atoms with Gasteiger partial charge in [0.2, 0.25) is 0 Å². The normalized spacial score (nSPS) is 17.6. The number of halogens is 1. The van der Waals surface area contributed by atoms with Gasteiger partial charge in [-0.2, -0.15) is 0 Å². The molecule has 8 heteroatoms. The Bertz CT molecular complexity index is 1160. The predicted molar refractivity (Wildman–Crippen MR) is 116 cm³/mol. The van der Waals surface area contributed by atoms with E-state index in [1.54, 1.807) is 36.1 Å². The van der Waals surface area contributed by atoms with Crippen LogP contribution < -0.4 is 15.1 Å². The molecule has 0 atom stereocenters. The molecular formula is C22H19FN4O2S. The Labute approximate surface area is 180 Å². The number of benzene rings is 2. The van der Waals surface area contributed by atoms with Gasteiger partial charge in [0, 0.05) is 19.8 Å². The van der Waals surface area contributed by atoms with Crippen molar-refractivity contribution in [3.8, 4) is 0 Å². The van der Waals surface area contributed by atoms with Gasteiger partial charge in [0.1, 0.15) is 11.4 Å². The van der Waals surface area contributed by atoms with Gasteiger partial charge in [-0.1, -0.05) is 6.07 Å². The number of rotatable bonds is 3. The number of carbonyl (C=O) groups excluding carboxylic acids is 2. The van der Waals surface area contributed by atoms with E-state index in [1.807, 2.05) is 0 Å². The van der Waals surface area contributed by atoms with Crippen LogP contribution in [0.4, 0.5) is 21.5 Å². The van der Waals surface area contributed by atoms with E-state index in [0.29, 0.717) is 29.9 Å². The molecule has 1 N–H and O–H groups in total. The average Bonchev–Trinajstić information content (AvgIpc) is 2.94. The Morgan fingerprint density at radius 3 is 2.60 bits per heavy atom. The van der Waals surface area contributed by atoms with Gasteiger partial charge >= 0.3 is 0 Å². The first-order valence-corrected chi connectivity index (χ1v) is 9.79. The summed E-state index contributed by atoms with van der Waals surface area (Å²) >= 11 is 5.67. The van der Waals surface area contributed by atoms with Crippen LogP contribution in [-0.2, 0) is 4.79 Å². The minimum Gasteiger partial charge on any atom is -0.355 e. The summed E-state index contributed by atoms with van der Waals surface area (Å²) in [4.78, 5) is 32.0. The Hall–Kier alpha value is -3.31. The first-order chi connectivity index (χ1) is 14.8. The molecule has 0 radical (unpaired) electrons. The Morgan fingerprint density at radius 1 is 1.30 bits per heavy atom. The summed E-state index contributed by atoms with van der Waals surface area (Å²) < 4.78 is 21.8. The molecule has 2 amide bonds. The van der Waals surface area contributed by atoms with Gasteiger partial charge in [-0.25, -0.2) is 9.24 Å². The lowest BCUT2D eigenvalue weighted by Crippen LogP contribution is -2.55. The van der Waals surface area contributed by atoms with Crippen molar-refractivity contribution in [2.45, 2.75) is 31.7 Å². The number of nitrogens with zero attached hydrogens (tertiary/aromatic N) is 3. The van der Waals surface area contributed by atoms with Gasteiger partial charge in [0.15, 0.2) is 10.8 Å². The zero-order valence-electron chi connectivity index (χ0n) is 17.2. The summed E-state index contributed by atoms with van der Waals surface area (Å²) in [6.07, 6.45) is 2.02. The highest BCUT2D eigenvalue weighted by Gasteiger charge is 2.59. The van der Waals surface area contributed by atoms with Gasteiger partial charge in [-0.3, -0.25) is 14.5 Å². The average molecular weight is 423 g/mol. The zero-order valence-corrected chi connectivity index (χ0v) is 17.1. The van der Waals surface area contributed by atoms with Crippen LogP contribution in [0.1, 0.15) is 36.6 Å². The standard InChI is InChI=1S/C22H19FN4O2S/c1-13-11-14(6-8-18(13)24-2)26-20(29)22(9-4-10-22)27(21(26)30)15-5-7-16(17(23)12-15)19(28)25-3/h5-8,11-12H,4,9-10H2,1,3H3,(H,25,28)/i3D. The molecule has 4 rings (SSSR count). The highest BCUT2D eigenvalue weighted by molar-refractivity contribution is 7.81. The van der Waals surface area contributed by atoms with E-state index < -0.39 is 17.3 Å². The summed E-state index contributed by atoms with van der Waals surface area (Å²) in [7, 11) is -0.353. The van der Waals surface area contributed by atoms with Crippen LogP contribution in [0, 0.1) is 19.3 Å². The molecule has 2 aliphatic rings. The molecule has 6 nitrogen and oxygen atoms in total. The number of anilines is 2. The molecular weight excluding hydrogens is 403 g/mol. The van der Waals surface area contributed by atoms with E-state index in [9.17, 15) is 14.0 Å². The quantitative estimate of drug-likeness (QED) is 0.596. The van der Waals surface area contributed by atoms with Gasteiger partial charge in [0.05, 0.1) is 12.1 Å². The van der Waals surface area contributed by atoms with E-state index in [0.717, 1.165) is 12.0 Å². The Kier molecular flexibility index (Phi) is 4.48. The highest BCUT2D eigenvalue weighted by atomic mass is 32.1. The van der Waals surface area contributed by atoms with Crippen LogP contribution in [0.2, 0.25) is 0 Å². The second-order valence-corrected chi connectivity index (χ2v) is 7.76. The van der Waals surface area contributed by atoms with Crippen molar-refractivity contribution in [1.82, 2.24) is 5.32 Å². The second-order valence-electron chi connectivity index (χ2n) is 7.40. The summed E-state index contributed by atoms with van der Waals surface area (Å²) in [6.45, 7) is 9.02. The molecule has 2 aromatic carbocycles. The molecule has 1 saturated heterocycles. The summed E-state index contributed by atoms with van der Waals surface area (Å²) in [6, 6.07) is 9.21. The molecule has 1 aliphatic heterocycles. The number of carbonyl (C=O) groups is 2. The third kappa shape index (κ3) is 2.77. The maximum atomic E-state index is 14.7. The minimum atomic E-state index is -0.874. The lowest BCUT2D eigenvalue weighted by molar-refractivity contribution is -0.123. The van der Waals surface area contributed by atoms with Gasteiger partial charge in [-0.15, -0.1) is 0 Å². The van der Waals surface area contributed by atoms with Crippen molar-refractivity contribution >= 4 is 46.2 Å². The first kappa shape index (κ1) is 18.7. The number of aryl methyl sites for hydroxylation is 1. The van der Waals surface area contributed by atoms with Crippen LogP contribution in [0.15, 0.2) is 36.4 Å². The molecule has 2 aromatic rings. The second kappa shape index (κ2) is 7.18. The van der Waals surface area contributed by atoms with Gasteiger partial charge in [0.25, 0.3) is 11.8 Å². The van der Waals surface area contributed by atoms with Crippen LogP contribution in [-0.4, -0.2) is 29.5 Å². The van der Waals surface area contributed by atoms with Crippen molar-refractivity contribution < 1.29 is 15.4 Å². The number of hydrogen-bond donors (Lipinski definition) is 1. The topological polar surface area (TPSA) is 57.0 Å². The molecule has 0 unspecified atom stereocenters. The third-order valence-electron chi connectivity index (χ3n) is 5.77. The number of nitrogens with one attached hydrogen (secondary N) is 1. The number of hydrogen-bond acceptors (Lipinski definition) is 3. The lowest BCUT2D eigenvalue weighted by Gasteiger charge is -2.43. The van der Waals surface area contributed by atoms with Crippen LogP contribution in [0.5, 0.6) is 0 Å². The monoisotopic (exact) mass is 423 g/mol. The molecule has 1 spiro atoms. The molecule has 1 aliphatic carbocycles. The largest absolute Gasteiger partial charge is 0.355 e. The summed E-state index contributed by atoms with van der Waals surface area (Å²) in [5.41, 5.74) is 1.16. The smallest absolute Gasteiger partial charge is 0.259 e. The van der Waals surface area contributed by atoms with Crippen LogP contribution >= 0.6 is 12.2 Å². The fourth-order valence-corrected chi connectivity index (χ4v) is 4.50. The number of thiocarbonyl (C=S) groups is 1. The molecule has 152 valence electrons. The highest BCUT2D eigenvalue weighted by Crippen LogP contribution is 2.48. The van der Waals surface area contributed by atoms with Crippen molar-refractivity contribution in [1.29, 1.82) is 0 Å². The van der Waals surface area contributed by atoms with E-state index in [1.165, 1.54) is 17.0 Å².